The van der Waals surface area contributed by atoms with Gasteiger partial charge < -0.3 is 19.7 Å². The average molecular weight is 435 g/mol. The summed E-state index contributed by atoms with van der Waals surface area (Å²) in [6.07, 6.45) is 0.859. The van der Waals surface area contributed by atoms with E-state index in [-0.39, 0.29) is 16.9 Å². The summed E-state index contributed by atoms with van der Waals surface area (Å²) in [4.78, 5) is 41.6. The number of imide groups is 1. The molecule has 2 aromatic rings. The molecule has 2 aliphatic rings. The van der Waals surface area contributed by atoms with Crippen LogP contribution in [-0.2, 0) is 4.79 Å². The summed E-state index contributed by atoms with van der Waals surface area (Å²) in [6.45, 7) is 5.11. The van der Waals surface area contributed by atoms with E-state index in [0.717, 1.165) is 11.4 Å². The van der Waals surface area contributed by atoms with Crippen molar-refractivity contribution in [3.63, 3.8) is 0 Å². The first-order valence-electron chi connectivity index (χ1n) is 10.4. The molecule has 1 saturated heterocycles. The highest BCUT2D eigenvalue weighted by Gasteiger charge is 2.45. The molecule has 1 atom stereocenters. The van der Waals surface area contributed by atoms with Crippen LogP contribution in [0.5, 0.6) is 17.2 Å². The molecule has 2 heterocycles. The van der Waals surface area contributed by atoms with E-state index >= 15 is 0 Å². The number of nitrogens with one attached hydrogen (secondary N) is 1. The molecule has 2 aliphatic heterocycles. The Kier molecular flexibility index (Phi) is 5.96. The zero-order valence-corrected chi connectivity index (χ0v) is 18.1. The molecule has 8 nitrogen and oxygen atoms in total. The molecule has 0 bridgehead atoms. The number of piperidine rings is 1. The molecule has 4 rings (SSSR count). The fraction of sp³-hybridized carbons (Fsp3) is 0.292. The van der Waals surface area contributed by atoms with Crippen LogP contribution in [0.3, 0.4) is 0 Å². The normalized spacial score (nSPS) is 18.1. The summed E-state index contributed by atoms with van der Waals surface area (Å²) in [5.41, 5.74) is 0.982. The molecule has 1 unspecified atom stereocenters. The molecular formula is C24H25N3O5. The number of carbonyl (C=O) groups is 3. The van der Waals surface area contributed by atoms with Gasteiger partial charge in [0.15, 0.2) is 0 Å². The second-order valence-electron chi connectivity index (χ2n) is 8.03. The number of benzene rings is 2. The van der Waals surface area contributed by atoms with Crippen molar-refractivity contribution in [1.29, 1.82) is 0 Å². The van der Waals surface area contributed by atoms with Crippen molar-refractivity contribution < 1.29 is 23.9 Å². The number of rotatable bonds is 7. The lowest BCUT2D eigenvalue weighted by Gasteiger charge is -2.29. The minimum atomic E-state index is -0.862. The Balaban J connectivity index is 1.52. The van der Waals surface area contributed by atoms with Crippen LogP contribution < -0.4 is 14.8 Å². The molecule has 166 valence electrons. The maximum absolute atomic E-state index is 13.2. The first-order chi connectivity index (χ1) is 15.3. The molecule has 8 heteroatoms. The molecule has 32 heavy (non-hydrogen) atoms. The van der Waals surface area contributed by atoms with Crippen LogP contribution in [0.2, 0.25) is 0 Å². The Morgan fingerprint density at radius 3 is 2.47 bits per heavy atom. The summed E-state index contributed by atoms with van der Waals surface area (Å²) >= 11 is 0. The Morgan fingerprint density at radius 1 is 1.06 bits per heavy atom. The Hall–Kier alpha value is -3.65. The van der Waals surface area contributed by atoms with Crippen LogP contribution in [0.1, 0.15) is 33.6 Å². The van der Waals surface area contributed by atoms with Gasteiger partial charge >= 0.3 is 0 Å². The Labute approximate surface area is 186 Å². The van der Waals surface area contributed by atoms with E-state index in [2.05, 4.69) is 11.9 Å². The zero-order chi connectivity index (χ0) is 22.8. The van der Waals surface area contributed by atoms with E-state index in [0.29, 0.717) is 36.6 Å². The van der Waals surface area contributed by atoms with Crippen LogP contribution in [0.15, 0.2) is 54.7 Å². The van der Waals surface area contributed by atoms with Gasteiger partial charge in [-0.3, -0.25) is 19.3 Å². The average Bonchev–Trinajstić information content (AvgIpc) is 3.00. The predicted octanol–water partition coefficient (Wildman–Crippen LogP) is 2.81. The smallest absolute Gasteiger partial charge is 0.266 e. The van der Waals surface area contributed by atoms with Crippen LogP contribution in [0.4, 0.5) is 0 Å². The van der Waals surface area contributed by atoms with Crippen molar-refractivity contribution in [3.8, 4) is 17.2 Å². The van der Waals surface area contributed by atoms with E-state index in [1.54, 1.807) is 42.5 Å². The predicted molar refractivity (Wildman–Crippen MR) is 118 cm³/mol. The van der Waals surface area contributed by atoms with Crippen molar-refractivity contribution in [2.45, 2.75) is 18.9 Å². The van der Waals surface area contributed by atoms with Gasteiger partial charge in [-0.1, -0.05) is 12.6 Å². The van der Waals surface area contributed by atoms with Gasteiger partial charge in [0.2, 0.25) is 5.91 Å². The maximum atomic E-state index is 13.2. The molecule has 1 N–H and O–H groups in total. The van der Waals surface area contributed by atoms with Gasteiger partial charge in [-0.15, -0.1) is 0 Å². The highest BCUT2D eigenvalue weighted by atomic mass is 16.5. The number of fused-ring (bicyclic) bond motifs is 1. The quantitative estimate of drug-likeness (QED) is 0.673. The molecule has 0 saturated carbocycles. The molecule has 0 spiro atoms. The van der Waals surface area contributed by atoms with Gasteiger partial charge in [-0.05, 0) is 63.3 Å². The first kappa shape index (κ1) is 21.6. The second-order valence-corrected chi connectivity index (χ2v) is 8.03. The number of amides is 3. The summed E-state index contributed by atoms with van der Waals surface area (Å²) in [7, 11) is 3.95. The summed E-state index contributed by atoms with van der Waals surface area (Å²) in [5.74, 6) is 0.0570. The van der Waals surface area contributed by atoms with E-state index in [4.69, 9.17) is 9.47 Å². The molecule has 0 radical (unpaired) electrons. The molecular weight excluding hydrogens is 410 g/mol. The second kappa shape index (κ2) is 8.84. The lowest BCUT2D eigenvalue weighted by Crippen LogP contribution is -2.51. The van der Waals surface area contributed by atoms with Gasteiger partial charge in [0.05, 0.1) is 11.1 Å². The number of ether oxygens (including phenoxy) is 2. The van der Waals surface area contributed by atoms with Crippen LogP contribution in [0, 0.1) is 0 Å². The molecule has 3 amide bonds. The Bertz CT molecular complexity index is 1080. The minimum Gasteiger partial charge on any atom is -0.492 e. The maximum Gasteiger partial charge on any atom is 0.266 e. The number of nitrogens with zero attached hydrogens (tertiary/aromatic N) is 2. The van der Waals surface area contributed by atoms with Crippen molar-refractivity contribution in [2.24, 2.45) is 0 Å². The minimum absolute atomic E-state index is 0.168. The fourth-order valence-electron chi connectivity index (χ4n) is 3.73. The van der Waals surface area contributed by atoms with Crippen LogP contribution >= 0.6 is 0 Å². The number of carbonyl (C=O) groups excluding carboxylic acids is 3. The summed E-state index contributed by atoms with van der Waals surface area (Å²) < 4.78 is 11.6. The van der Waals surface area contributed by atoms with Gasteiger partial charge in [0.25, 0.3) is 11.8 Å². The van der Waals surface area contributed by atoms with E-state index < -0.39 is 23.8 Å². The molecule has 1 fully saturated rings. The SMILES string of the molecule is C=C1CCC(N2C(=O)c3cccc(Oc4ccc(OCCN(C)C)cc4)c3C2=O)C(=O)N1. The van der Waals surface area contributed by atoms with Gasteiger partial charge in [-0.2, -0.15) is 0 Å². The van der Waals surface area contributed by atoms with Crippen molar-refractivity contribution in [2.75, 3.05) is 27.2 Å². The third-order valence-electron chi connectivity index (χ3n) is 5.40. The Morgan fingerprint density at radius 2 is 1.78 bits per heavy atom. The number of hydrogen-bond acceptors (Lipinski definition) is 6. The van der Waals surface area contributed by atoms with E-state index in [1.807, 2.05) is 19.0 Å². The van der Waals surface area contributed by atoms with Crippen LogP contribution in [-0.4, -0.2) is 60.8 Å². The van der Waals surface area contributed by atoms with E-state index in [1.165, 1.54) is 0 Å². The highest BCUT2D eigenvalue weighted by molar-refractivity contribution is 6.24. The van der Waals surface area contributed by atoms with E-state index in [9.17, 15) is 14.4 Å². The lowest BCUT2D eigenvalue weighted by molar-refractivity contribution is -0.125. The van der Waals surface area contributed by atoms with Crippen LogP contribution in [0.25, 0.3) is 0 Å². The summed E-state index contributed by atoms with van der Waals surface area (Å²) in [5, 5.41) is 2.63. The lowest BCUT2D eigenvalue weighted by atomic mass is 10.0. The molecule has 0 aromatic heterocycles. The monoisotopic (exact) mass is 435 g/mol. The highest BCUT2D eigenvalue weighted by Crippen LogP contribution is 2.36. The number of likely N-dealkylation sites (N-methyl/N-ethyl adjacent to an activating group) is 1. The number of allylic oxidation sites excluding steroid dienone is 1. The standard InChI is InChI=1S/C24H25N3O5/c1-15-7-12-19(22(28)25-15)27-23(29)18-5-4-6-20(21(18)24(27)30)32-17-10-8-16(9-11-17)31-14-13-26(2)3/h4-6,8-11,19H,1,7,12-14H2,2-3H3,(H,25,28). The van der Waals surface area contributed by atoms with Crippen molar-refractivity contribution >= 4 is 17.7 Å². The van der Waals surface area contributed by atoms with Crippen molar-refractivity contribution in [3.05, 3.63) is 65.9 Å². The fourth-order valence-corrected chi connectivity index (χ4v) is 3.73. The topological polar surface area (TPSA) is 88.2 Å². The van der Waals surface area contributed by atoms with Gasteiger partial charge in [0.1, 0.15) is 29.9 Å². The van der Waals surface area contributed by atoms with Crippen molar-refractivity contribution in [1.82, 2.24) is 15.1 Å². The third kappa shape index (κ3) is 4.22. The van der Waals surface area contributed by atoms with Gasteiger partial charge in [-0.25, -0.2) is 0 Å². The third-order valence-corrected chi connectivity index (χ3v) is 5.40. The molecule has 0 aliphatic carbocycles. The van der Waals surface area contributed by atoms with Gasteiger partial charge in [0, 0.05) is 12.2 Å². The number of hydrogen-bond donors (Lipinski definition) is 1. The largest absolute Gasteiger partial charge is 0.492 e. The zero-order valence-electron chi connectivity index (χ0n) is 18.1. The molecule has 2 aromatic carbocycles. The first-order valence-corrected chi connectivity index (χ1v) is 10.4. The summed E-state index contributed by atoms with van der Waals surface area (Å²) in [6, 6.07) is 11.1.